The Morgan fingerprint density at radius 1 is 1.80 bits per heavy atom. The molecule has 54 valence electrons. The molecule has 0 bridgehead atoms. The van der Waals surface area contributed by atoms with Crippen LogP contribution in [0.1, 0.15) is 12.6 Å². The van der Waals surface area contributed by atoms with Gasteiger partial charge in [-0.15, -0.1) is 0 Å². The van der Waals surface area contributed by atoms with E-state index < -0.39 is 0 Å². The number of aryl methyl sites for hydroxylation is 1. The predicted octanol–water partition coefficient (Wildman–Crippen LogP) is 1.24. The minimum absolute atomic E-state index is 0.683. The third kappa shape index (κ3) is 1.43. The molecule has 0 fully saturated rings. The molecule has 0 saturated heterocycles. The average Bonchev–Trinajstić information content (AvgIpc) is 2.31. The Labute approximate surface area is 60.4 Å². The highest BCUT2D eigenvalue weighted by molar-refractivity contribution is 5.52. The summed E-state index contributed by atoms with van der Waals surface area (Å²) in [5.74, 6) is 0. The van der Waals surface area contributed by atoms with E-state index in [2.05, 4.69) is 9.98 Å². The largest absolute Gasteiger partial charge is 0.315 e. The van der Waals surface area contributed by atoms with Gasteiger partial charge in [0.2, 0.25) is 0 Å². The van der Waals surface area contributed by atoms with E-state index >= 15 is 0 Å². The summed E-state index contributed by atoms with van der Waals surface area (Å²) >= 11 is 0. The van der Waals surface area contributed by atoms with Crippen molar-refractivity contribution in [3.8, 4) is 0 Å². The van der Waals surface area contributed by atoms with Crippen LogP contribution in [0, 0.1) is 6.92 Å². The SMILES string of the molecule is C/C=N\Cn1cncc1C. The van der Waals surface area contributed by atoms with Crippen LogP contribution in [0.25, 0.3) is 0 Å². The van der Waals surface area contributed by atoms with Crippen LogP contribution in [-0.2, 0) is 6.67 Å². The van der Waals surface area contributed by atoms with Crippen LogP contribution < -0.4 is 0 Å². The van der Waals surface area contributed by atoms with Crippen molar-refractivity contribution in [2.24, 2.45) is 4.99 Å². The van der Waals surface area contributed by atoms with Crippen LogP contribution in [0.5, 0.6) is 0 Å². The van der Waals surface area contributed by atoms with Crippen LogP contribution in [-0.4, -0.2) is 15.8 Å². The fourth-order valence-electron chi connectivity index (χ4n) is 0.705. The summed E-state index contributed by atoms with van der Waals surface area (Å²) in [5.41, 5.74) is 1.14. The van der Waals surface area contributed by atoms with Crippen LogP contribution in [0.3, 0.4) is 0 Å². The minimum atomic E-state index is 0.683. The Bertz CT molecular complexity index is 225. The van der Waals surface area contributed by atoms with Gasteiger partial charge in [-0.25, -0.2) is 4.98 Å². The monoisotopic (exact) mass is 137 g/mol. The summed E-state index contributed by atoms with van der Waals surface area (Å²) in [6.07, 6.45) is 5.40. The lowest BCUT2D eigenvalue weighted by molar-refractivity contribution is 0.714. The summed E-state index contributed by atoms with van der Waals surface area (Å²) in [6, 6.07) is 0. The number of hydrogen-bond donors (Lipinski definition) is 0. The molecule has 0 amide bonds. The first-order valence-electron chi connectivity index (χ1n) is 3.25. The molecule has 3 heteroatoms. The van der Waals surface area contributed by atoms with Crippen molar-refractivity contribution in [1.29, 1.82) is 0 Å². The molecule has 3 nitrogen and oxygen atoms in total. The first kappa shape index (κ1) is 6.99. The zero-order valence-electron chi connectivity index (χ0n) is 6.28. The third-order valence-corrected chi connectivity index (χ3v) is 1.34. The highest BCUT2D eigenvalue weighted by Gasteiger charge is 1.90. The van der Waals surface area contributed by atoms with Crippen LogP contribution in [0.2, 0.25) is 0 Å². The van der Waals surface area contributed by atoms with Crippen molar-refractivity contribution >= 4 is 6.21 Å². The maximum absolute atomic E-state index is 4.07. The van der Waals surface area contributed by atoms with Gasteiger partial charge < -0.3 is 4.57 Å². The Hall–Kier alpha value is -1.12. The van der Waals surface area contributed by atoms with Gasteiger partial charge in [0.15, 0.2) is 0 Å². The predicted molar refractivity (Wildman–Crippen MR) is 41.1 cm³/mol. The van der Waals surface area contributed by atoms with E-state index in [1.165, 1.54) is 0 Å². The molecule has 0 N–H and O–H groups in total. The van der Waals surface area contributed by atoms with Gasteiger partial charge in [-0.05, 0) is 20.1 Å². The van der Waals surface area contributed by atoms with E-state index in [0.717, 1.165) is 5.69 Å². The minimum Gasteiger partial charge on any atom is -0.315 e. The van der Waals surface area contributed by atoms with Gasteiger partial charge in [0.25, 0.3) is 0 Å². The number of rotatable bonds is 2. The number of imidazole rings is 1. The summed E-state index contributed by atoms with van der Waals surface area (Å²) in [5, 5.41) is 0. The first-order valence-corrected chi connectivity index (χ1v) is 3.25. The van der Waals surface area contributed by atoms with E-state index in [1.807, 2.05) is 24.6 Å². The Balaban J connectivity index is 2.65. The van der Waals surface area contributed by atoms with Crippen molar-refractivity contribution in [2.45, 2.75) is 20.5 Å². The second kappa shape index (κ2) is 3.15. The highest BCUT2D eigenvalue weighted by Crippen LogP contribution is 1.95. The summed E-state index contributed by atoms with van der Waals surface area (Å²) in [4.78, 5) is 8.04. The van der Waals surface area contributed by atoms with Crippen LogP contribution in [0.4, 0.5) is 0 Å². The molecular formula is C7H11N3. The van der Waals surface area contributed by atoms with Crippen LogP contribution >= 0.6 is 0 Å². The van der Waals surface area contributed by atoms with Crippen molar-refractivity contribution in [3.05, 3.63) is 18.2 Å². The molecule has 1 aromatic heterocycles. The molecule has 0 saturated carbocycles. The number of nitrogens with zero attached hydrogens (tertiary/aromatic N) is 3. The molecule has 0 radical (unpaired) electrons. The van der Waals surface area contributed by atoms with Gasteiger partial charge in [-0.2, -0.15) is 0 Å². The molecule has 0 aromatic carbocycles. The van der Waals surface area contributed by atoms with Gasteiger partial charge in [0, 0.05) is 11.9 Å². The average molecular weight is 137 g/mol. The summed E-state index contributed by atoms with van der Waals surface area (Å²) < 4.78 is 1.99. The molecule has 0 aliphatic heterocycles. The van der Waals surface area contributed by atoms with Gasteiger partial charge in [-0.1, -0.05) is 0 Å². The lowest BCUT2D eigenvalue weighted by atomic mass is 10.5. The van der Waals surface area contributed by atoms with Crippen LogP contribution in [0.15, 0.2) is 17.5 Å². The quantitative estimate of drug-likeness (QED) is 0.564. The molecule has 1 aromatic rings. The molecular weight excluding hydrogens is 126 g/mol. The summed E-state index contributed by atoms with van der Waals surface area (Å²) in [6.45, 7) is 4.60. The number of hydrogen-bond acceptors (Lipinski definition) is 2. The molecule has 0 aliphatic carbocycles. The normalized spacial score (nSPS) is 11.0. The van der Waals surface area contributed by atoms with E-state index in [0.29, 0.717) is 6.67 Å². The van der Waals surface area contributed by atoms with Gasteiger partial charge >= 0.3 is 0 Å². The van der Waals surface area contributed by atoms with E-state index in [4.69, 9.17) is 0 Å². The zero-order chi connectivity index (χ0) is 7.40. The molecule has 0 aliphatic rings. The number of aliphatic imine (C=N–C) groups is 1. The molecule has 10 heavy (non-hydrogen) atoms. The topological polar surface area (TPSA) is 30.2 Å². The van der Waals surface area contributed by atoms with Gasteiger partial charge in [-0.3, -0.25) is 4.99 Å². The maximum Gasteiger partial charge on any atom is 0.115 e. The van der Waals surface area contributed by atoms with Crippen molar-refractivity contribution < 1.29 is 0 Å². The van der Waals surface area contributed by atoms with Crippen molar-refractivity contribution in [3.63, 3.8) is 0 Å². The smallest absolute Gasteiger partial charge is 0.115 e. The van der Waals surface area contributed by atoms with E-state index in [9.17, 15) is 0 Å². The fourth-order valence-corrected chi connectivity index (χ4v) is 0.705. The second-order valence-corrected chi connectivity index (χ2v) is 2.09. The molecule has 0 atom stereocenters. The lowest BCUT2D eigenvalue weighted by Gasteiger charge is -1.97. The molecule has 0 spiro atoms. The van der Waals surface area contributed by atoms with E-state index in [1.54, 1.807) is 12.5 Å². The number of aromatic nitrogens is 2. The summed E-state index contributed by atoms with van der Waals surface area (Å²) in [7, 11) is 0. The van der Waals surface area contributed by atoms with Gasteiger partial charge in [0.05, 0.1) is 6.33 Å². The fraction of sp³-hybridized carbons (Fsp3) is 0.429. The highest BCUT2D eigenvalue weighted by atomic mass is 15.1. The van der Waals surface area contributed by atoms with Gasteiger partial charge in [0.1, 0.15) is 6.67 Å². The Morgan fingerprint density at radius 2 is 2.60 bits per heavy atom. The first-order chi connectivity index (χ1) is 4.84. The molecule has 0 unspecified atom stereocenters. The molecule has 1 rings (SSSR count). The Morgan fingerprint density at radius 3 is 3.10 bits per heavy atom. The maximum atomic E-state index is 4.07. The van der Waals surface area contributed by atoms with E-state index in [-0.39, 0.29) is 0 Å². The zero-order valence-corrected chi connectivity index (χ0v) is 6.28. The second-order valence-electron chi connectivity index (χ2n) is 2.09. The standard InChI is InChI=1S/C7H11N3/c1-3-8-5-10-6-9-4-7(10)2/h3-4,6H,5H2,1-2H3/b8-3-. The van der Waals surface area contributed by atoms with Crippen molar-refractivity contribution in [2.75, 3.05) is 0 Å². The lowest BCUT2D eigenvalue weighted by Crippen LogP contribution is -1.94. The molecule has 1 heterocycles. The third-order valence-electron chi connectivity index (χ3n) is 1.34. The Kier molecular flexibility index (Phi) is 2.20. The van der Waals surface area contributed by atoms with Crippen molar-refractivity contribution in [1.82, 2.24) is 9.55 Å².